The van der Waals surface area contributed by atoms with Crippen molar-refractivity contribution in [3.05, 3.63) is 34.5 Å². The van der Waals surface area contributed by atoms with E-state index in [-0.39, 0.29) is 0 Å². The molecule has 2 rings (SSSR count). The number of rotatable bonds is 7. The maximum Gasteiger partial charge on any atom is 0.250 e. The van der Waals surface area contributed by atoms with Gasteiger partial charge in [-0.05, 0) is 38.1 Å². The van der Waals surface area contributed by atoms with E-state index >= 15 is 0 Å². The fraction of sp³-hybridized carbons (Fsp3) is 0.462. The van der Waals surface area contributed by atoms with E-state index in [2.05, 4.69) is 15.1 Å². The Labute approximate surface area is 129 Å². The van der Waals surface area contributed by atoms with E-state index in [0.29, 0.717) is 23.8 Å². The number of hydrogen-bond donors (Lipinski definition) is 2. The van der Waals surface area contributed by atoms with Crippen molar-refractivity contribution in [3.63, 3.8) is 0 Å². The summed E-state index contributed by atoms with van der Waals surface area (Å²) < 4.78 is 29.2. The molecule has 0 atom stereocenters. The van der Waals surface area contributed by atoms with Crippen LogP contribution in [0.4, 0.5) is 0 Å². The van der Waals surface area contributed by atoms with Crippen molar-refractivity contribution in [3.8, 4) is 0 Å². The van der Waals surface area contributed by atoms with Gasteiger partial charge in [-0.1, -0.05) is 0 Å². The minimum atomic E-state index is -3.44. The van der Waals surface area contributed by atoms with Crippen molar-refractivity contribution >= 4 is 21.4 Å². The lowest BCUT2D eigenvalue weighted by Crippen LogP contribution is -2.27. The monoisotopic (exact) mass is 328 g/mol. The Morgan fingerprint density at radius 2 is 2.14 bits per heavy atom. The number of aromatic nitrogens is 2. The van der Waals surface area contributed by atoms with Crippen molar-refractivity contribution in [2.24, 2.45) is 0 Å². The average molecular weight is 328 g/mol. The molecule has 8 heteroatoms. The minimum Gasteiger partial charge on any atom is -0.315 e. The molecule has 0 amide bonds. The normalized spacial score (nSPS) is 12.0. The Bertz CT molecular complexity index is 704. The van der Waals surface area contributed by atoms with Crippen LogP contribution < -0.4 is 10.0 Å². The molecule has 6 nitrogen and oxygen atoms in total. The largest absolute Gasteiger partial charge is 0.315 e. The van der Waals surface area contributed by atoms with Crippen molar-refractivity contribution in [1.29, 1.82) is 0 Å². The van der Waals surface area contributed by atoms with Crippen LogP contribution >= 0.6 is 11.3 Å². The van der Waals surface area contributed by atoms with Crippen molar-refractivity contribution in [1.82, 2.24) is 19.8 Å². The van der Waals surface area contributed by atoms with Crippen LogP contribution in [0.5, 0.6) is 0 Å². The molecule has 2 aromatic heterocycles. The summed E-state index contributed by atoms with van der Waals surface area (Å²) in [6.07, 6.45) is 3.63. The van der Waals surface area contributed by atoms with E-state index in [1.807, 2.05) is 27.1 Å². The van der Waals surface area contributed by atoms with E-state index in [4.69, 9.17) is 0 Å². The molecule has 0 aliphatic carbocycles. The van der Waals surface area contributed by atoms with Gasteiger partial charge in [0.15, 0.2) is 0 Å². The fourth-order valence-corrected chi connectivity index (χ4v) is 4.58. The van der Waals surface area contributed by atoms with Crippen LogP contribution in [0.25, 0.3) is 0 Å². The van der Waals surface area contributed by atoms with Crippen molar-refractivity contribution < 1.29 is 8.42 Å². The highest BCUT2D eigenvalue weighted by molar-refractivity contribution is 7.91. The van der Waals surface area contributed by atoms with E-state index in [1.165, 1.54) is 11.3 Å². The third-order valence-corrected chi connectivity index (χ3v) is 6.17. The Morgan fingerprint density at radius 1 is 1.38 bits per heavy atom. The van der Waals surface area contributed by atoms with E-state index in [0.717, 1.165) is 16.0 Å². The van der Waals surface area contributed by atoms with Crippen LogP contribution in [-0.4, -0.2) is 31.8 Å². The van der Waals surface area contributed by atoms with Crippen LogP contribution in [0.2, 0.25) is 0 Å². The second-order valence-electron chi connectivity index (χ2n) is 4.88. The van der Waals surface area contributed by atoms with Gasteiger partial charge >= 0.3 is 0 Å². The van der Waals surface area contributed by atoms with E-state index in [9.17, 15) is 8.42 Å². The van der Waals surface area contributed by atoms with Gasteiger partial charge in [0.2, 0.25) is 10.0 Å². The summed E-state index contributed by atoms with van der Waals surface area (Å²) >= 11 is 1.31. The first-order valence-electron chi connectivity index (χ1n) is 6.65. The lowest BCUT2D eigenvalue weighted by atomic mass is 10.3. The van der Waals surface area contributed by atoms with Gasteiger partial charge in [-0.15, -0.1) is 11.3 Å². The van der Waals surface area contributed by atoms with Gasteiger partial charge in [-0.2, -0.15) is 5.10 Å². The molecule has 0 aliphatic heterocycles. The van der Waals surface area contributed by atoms with Crippen LogP contribution in [0.1, 0.15) is 16.0 Å². The lowest BCUT2D eigenvalue weighted by Gasteiger charge is -2.04. The Kier molecular flexibility index (Phi) is 5.15. The average Bonchev–Trinajstić information content (AvgIpc) is 2.98. The molecule has 2 aromatic rings. The summed E-state index contributed by atoms with van der Waals surface area (Å²) in [5.41, 5.74) is 2.06. The fourth-order valence-electron chi connectivity index (χ4n) is 1.91. The second-order valence-corrected chi connectivity index (χ2v) is 8.01. The maximum absolute atomic E-state index is 12.2. The van der Waals surface area contributed by atoms with Crippen LogP contribution in [0.15, 0.2) is 22.7 Å². The van der Waals surface area contributed by atoms with Crippen molar-refractivity contribution in [2.75, 3.05) is 13.6 Å². The molecule has 0 aromatic carbocycles. The van der Waals surface area contributed by atoms with E-state index in [1.54, 1.807) is 16.9 Å². The number of nitrogens with one attached hydrogen (secondary N) is 2. The molecule has 0 radical (unpaired) electrons. The van der Waals surface area contributed by atoms with Gasteiger partial charge < -0.3 is 5.32 Å². The summed E-state index contributed by atoms with van der Waals surface area (Å²) in [5, 5.41) is 7.17. The van der Waals surface area contributed by atoms with E-state index < -0.39 is 10.0 Å². The molecular weight excluding hydrogens is 308 g/mol. The number of thiophene rings is 1. The highest BCUT2D eigenvalue weighted by Crippen LogP contribution is 2.25. The molecule has 0 unspecified atom stereocenters. The molecule has 0 spiro atoms. The van der Waals surface area contributed by atoms with Crippen molar-refractivity contribution in [2.45, 2.75) is 31.1 Å². The van der Waals surface area contributed by atoms with Gasteiger partial charge in [0.1, 0.15) is 4.21 Å². The highest BCUT2D eigenvalue weighted by Gasteiger charge is 2.18. The smallest absolute Gasteiger partial charge is 0.250 e. The first kappa shape index (κ1) is 16.2. The molecule has 0 bridgehead atoms. The third kappa shape index (κ3) is 4.13. The zero-order valence-electron chi connectivity index (χ0n) is 12.4. The molecule has 2 heterocycles. The topological polar surface area (TPSA) is 76.0 Å². The summed E-state index contributed by atoms with van der Waals surface area (Å²) in [6, 6.07) is 1.72. The Morgan fingerprint density at radius 3 is 2.76 bits per heavy atom. The minimum absolute atomic E-state index is 0.321. The second kappa shape index (κ2) is 6.69. The van der Waals surface area contributed by atoms with Crippen LogP contribution in [-0.2, 0) is 23.1 Å². The summed E-state index contributed by atoms with van der Waals surface area (Å²) in [5.74, 6) is 0. The molecule has 0 aliphatic rings. The molecule has 0 fully saturated rings. The zero-order valence-corrected chi connectivity index (χ0v) is 14.0. The molecule has 0 saturated carbocycles. The molecule has 21 heavy (non-hydrogen) atoms. The quantitative estimate of drug-likeness (QED) is 0.802. The first-order chi connectivity index (χ1) is 9.92. The summed E-state index contributed by atoms with van der Waals surface area (Å²) in [4.78, 5) is 1.04. The predicted octanol–water partition coefficient (Wildman–Crippen LogP) is 1.26. The number of nitrogens with zero attached hydrogens (tertiary/aromatic N) is 2. The number of hydrogen-bond acceptors (Lipinski definition) is 5. The maximum atomic E-state index is 12.2. The standard InChI is InChI=1S/C13H20N4O2S2/c1-10-7-15-17(9-10)5-4-16-21(18,19)13-6-11(2)12(20-13)8-14-3/h6-7,9,14,16H,4-5,8H2,1-3H3. The van der Waals surface area contributed by atoms with Gasteiger partial charge in [0.25, 0.3) is 0 Å². The Hall–Kier alpha value is -1.22. The number of sulfonamides is 1. The third-order valence-electron chi connectivity index (χ3n) is 3.00. The van der Waals surface area contributed by atoms with Gasteiger partial charge in [0.05, 0.1) is 12.7 Å². The molecule has 2 N–H and O–H groups in total. The van der Waals surface area contributed by atoms with Gasteiger partial charge in [0, 0.05) is 24.2 Å². The highest BCUT2D eigenvalue weighted by atomic mass is 32.2. The molecule has 116 valence electrons. The first-order valence-corrected chi connectivity index (χ1v) is 8.95. The van der Waals surface area contributed by atoms with Crippen LogP contribution in [0, 0.1) is 13.8 Å². The SMILES string of the molecule is CNCc1sc(S(=O)(=O)NCCn2cc(C)cn2)cc1C. The molecular formula is C13H20N4O2S2. The lowest BCUT2D eigenvalue weighted by molar-refractivity contribution is 0.562. The molecule has 0 saturated heterocycles. The predicted molar refractivity (Wildman–Crippen MR) is 84.0 cm³/mol. The zero-order chi connectivity index (χ0) is 15.5. The van der Waals surface area contributed by atoms with Crippen LogP contribution in [0.3, 0.4) is 0 Å². The number of aryl methyl sites for hydroxylation is 2. The Balaban J connectivity index is 1.99. The summed E-state index contributed by atoms with van der Waals surface area (Å²) in [6.45, 7) is 5.39. The van der Waals surface area contributed by atoms with Gasteiger partial charge in [-0.25, -0.2) is 13.1 Å². The van der Waals surface area contributed by atoms with Gasteiger partial charge in [-0.3, -0.25) is 4.68 Å². The summed E-state index contributed by atoms with van der Waals surface area (Å²) in [7, 11) is -1.60.